The summed E-state index contributed by atoms with van der Waals surface area (Å²) in [6.45, 7) is 1.86. The molecule has 1 heterocycles. The lowest BCUT2D eigenvalue weighted by Crippen LogP contribution is -2.16. The van der Waals surface area contributed by atoms with Gasteiger partial charge in [-0.05, 0) is 30.7 Å². The number of halogens is 1. The summed E-state index contributed by atoms with van der Waals surface area (Å²) in [6, 6.07) is 7.22. The van der Waals surface area contributed by atoms with Crippen molar-refractivity contribution < 1.29 is 14.3 Å². The highest BCUT2D eigenvalue weighted by atomic mass is 19.1. The predicted molar refractivity (Wildman–Crippen MR) is 69.4 cm³/mol. The van der Waals surface area contributed by atoms with Crippen molar-refractivity contribution in [3.63, 3.8) is 0 Å². The van der Waals surface area contributed by atoms with Crippen LogP contribution in [0.2, 0.25) is 0 Å². The van der Waals surface area contributed by atoms with Crippen molar-refractivity contribution in [1.29, 1.82) is 0 Å². The number of hydrogen-bond acceptors (Lipinski definition) is 3. The van der Waals surface area contributed by atoms with Gasteiger partial charge in [-0.25, -0.2) is 4.39 Å². The van der Waals surface area contributed by atoms with E-state index in [9.17, 15) is 9.18 Å². The van der Waals surface area contributed by atoms with E-state index < -0.39 is 5.82 Å². The summed E-state index contributed by atoms with van der Waals surface area (Å²) >= 11 is 0. The Morgan fingerprint density at radius 1 is 1.42 bits per heavy atom. The molecule has 2 N–H and O–H groups in total. The number of amides is 1. The maximum atomic E-state index is 13.4. The van der Waals surface area contributed by atoms with Gasteiger partial charge in [0.05, 0.1) is 17.8 Å². The molecule has 0 bridgehead atoms. The molecular formula is C14H13FN2O2. The van der Waals surface area contributed by atoms with E-state index in [0.717, 1.165) is 11.6 Å². The van der Waals surface area contributed by atoms with Crippen molar-refractivity contribution >= 4 is 11.6 Å². The van der Waals surface area contributed by atoms with Crippen LogP contribution in [0.3, 0.4) is 0 Å². The predicted octanol–water partition coefficient (Wildman–Crippen LogP) is 2.42. The van der Waals surface area contributed by atoms with Gasteiger partial charge in [0.15, 0.2) is 0 Å². The number of aromatic nitrogens is 1. The largest absolute Gasteiger partial charge is 0.508 e. The van der Waals surface area contributed by atoms with Crippen LogP contribution in [0, 0.1) is 12.7 Å². The molecule has 0 saturated heterocycles. The van der Waals surface area contributed by atoms with Crippen molar-refractivity contribution in [2.75, 3.05) is 5.32 Å². The van der Waals surface area contributed by atoms with Gasteiger partial charge in [-0.2, -0.15) is 0 Å². The third kappa shape index (κ3) is 3.28. The minimum absolute atomic E-state index is 0.0383. The summed E-state index contributed by atoms with van der Waals surface area (Å²) in [4.78, 5) is 15.9. The number of benzene rings is 1. The number of rotatable bonds is 3. The van der Waals surface area contributed by atoms with E-state index in [0.29, 0.717) is 5.69 Å². The number of nitrogens with one attached hydrogen (secondary N) is 1. The first-order valence-corrected chi connectivity index (χ1v) is 5.75. The third-order valence-electron chi connectivity index (χ3n) is 2.67. The lowest BCUT2D eigenvalue weighted by atomic mass is 10.1. The second kappa shape index (κ2) is 5.48. The molecule has 1 amide bonds. The summed E-state index contributed by atoms with van der Waals surface area (Å²) in [7, 11) is 0. The van der Waals surface area contributed by atoms with Gasteiger partial charge in [0.25, 0.3) is 0 Å². The van der Waals surface area contributed by atoms with Crippen LogP contribution in [0.4, 0.5) is 10.1 Å². The number of anilines is 1. The fourth-order valence-electron chi connectivity index (χ4n) is 1.66. The number of aryl methyl sites for hydroxylation is 1. The summed E-state index contributed by atoms with van der Waals surface area (Å²) in [5.41, 5.74) is 1.60. The molecule has 1 aromatic heterocycles. The Morgan fingerprint density at radius 3 is 2.89 bits per heavy atom. The zero-order valence-corrected chi connectivity index (χ0v) is 10.4. The molecule has 19 heavy (non-hydrogen) atoms. The van der Waals surface area contributed by atoms with Crippen LogP contribution < -0.4 is 5.32 Å². The SMILES string of the molecule is Cc1cccnc1CC(=O)Nc1ccc(O)cc1F. The van der Waals surface area contributed by atoms with Gasteiger partial charge in [0.2, 0.25) is 5.91 Å². The van der Waals surface area contributed by atoms with Gasteiger partial charge in [-0.3, -0.25) is 9.78 Å². The van der Waals surface area contributed by atoms with Crippen molar-refractivity contribution in [3.05, 3.63) is 53.6 Å². The van der Waals surface area contributed by atoms with Gasteiger partial charge < -0.3 is 10.4 Å². The van der Waals surface area contributed by atoms with E-state index >= 15 is 0 Å². The van der Waals surface area contributed by atoms with Crippen LogP contribution in [0.15, 0.2) is 36.5 Å². The standard InChI is InChI=1S/C14H13FN2O2/c1-9-3-2-6-16-13(9)8-14(19)17-12-5-4-10(18)7-11(12)15/h2-7,18H,8H2,1H3,(H,17,19). The Kier molecular flexibility index (Phi) is 3.75. The van der Waals surface area contributed by atoms with E-state index in [-0.39, 0.29) is 23.8 Å². The molecular weight excluding hydrogens is 247 g/mol. The van der Waals surface area contributed by atoms with Crippen molar-refractivity contribution in [2.45, 2.75) is 13.3 Å². The smallest absolute Gasteiger partial charge is 0.230 e. The van der Waals surface area contributed by atoms with Crippen LogP contribution >= 0.6 is 0 Å². The molecule has 0 aliphatic heterocycles. The Bertz CT molecular complexity index is 614. The highest BCUT2D eigenvalue weighted by Gasteiger charge is 2.10. The van der Waals surface area contributed by atoms with Gasteiger partial charge in [-0.15, -0.1) is 0 Å². The van der Waals surface area contributed by atoms with Gasteiger partial charge in [0, 0.05) is 12.3 Å². The molecule has 2 rings (SSSR count). The fourth-order valence-corrected chi connectivity index (χ4v) is 1.66. The number of phenols is 1. The summed E-state index contributed by atoms with van der Waals surface area (Å²) < 4.78 is 13.4. The Balaban J connectivity index is 2.08. The molecule has 2 aromatic rings. The molecule has 0 aliphatic carbocycles. The number of hydrogen-bond donors (Lipinski definition) is 2. The molecule has 0 fully saturated rings. The second-order valence-corrected chi connectivity index (χ2v) is 4.16. The van der Waals surface area contributed by atoms with Crippen LogP contribution in [-0.2, 0) is 11.2 Å². The van der Waals surface area contributed by atoms with Crippen molar-refractivity contribution in [3.8, 4) is 5.75 Å². The number of nitrogens with zero attached hydrogens (tertiary/aromatic N) is 1. The Hall–Kier alpha value is -2.43. The zero-order chi connectivity index (χ0) is 13.8. The zero-order valence-electron chi connectivity index (χ0n) is 10.4. The maximum Gasteiger partial charge on any atom is 0.230 e. The molecule has 0 radical (unpaired) electrons. The number of aromatic hydroxyl groups is 1. The van der Waals surface area contributed by atoms with E-state index in [1.165, 1.54) is 12.1 Å². The average Bonchev–Trinajstić information content (AvgIpc) is 2.36. The quantitative estimate of drug-likeness (QED) is 0.833. The molecule has 4 nitrogen and oxygen atoms in total. The van der Waals surface area contributed by atoms with Crippen LogP contribution in [0.25, 0.3) is 0 Å². The van der Waals surface area contributed by atoms with Gasteiger partial charge >= 0.3 is 0 Å². The maximum absolute atomic E-state index is 13.4. The first-order valence-electron chi connectivity index (χ1n) is 5.75. The van der Waals surface area contributed by atoms with Crippen LogP contribution in [-0.4, -0.2) is 16.0 Å². The molecule has 98 valence electrons. The van der Waals surface area contributed by atoms with E-state index in [4.69, 9.17) is 5.11 Å². The van der Waals surface area contributed by atoms with Crippen LogP contribution in [0.1, 0.15) is 11.3 Å². The molecule has 0 saturated carbocycles. The monoisotopic (exact) mass is 260 g/mol. The summed E-state index contributed by atoms with van der Waals surface area (Å²) in [5.74, 6) is -1.21. The molecule has 0 spiro atoms. The van der Waals surface area contributed by atoms with E-state index in [2.05, 4.69) is 10.3 Å². The van der Waals surface area contributed by atoms with Gasteiger partial charge in [-0.1, -0.05) is 6.07 Å². The van der Waals surface area contributed by atoms with E-state index in [1.807, 2.05) is 13.0 Å². The average molecular weight is 260 g/mol. The molecule has 1 aromatic carbocycles. The summed E-state index contributed by atoms with van der Waals surface area (Å²) in [5, 5.41) is 11.5. The van der Waals surface area contributed by atoms with Crippen LogP contribution in [0.5, 0.6) is 5.75 Å². The lowest BCUT2D eigenvalue weighted by Gasteiger charge is -2.07. The second-order valence-electron chi connectivity index (χ2n) is 4.16. The topological polar surface area (TPSA) is 62.2 Å². The number of pyridine rings is 1. The summed E-state index contributed by atoms with van der Waals surface area (Å²) in [6.07, 6.45) is 1.68. The normalized spacial score (nSPS) is 10.2. The molecule has 5 heteroatoms. The Labute approximate surface area is 109 Å². The first kappa shape index (κ1) is 13.0. The minimum Gasteiger partial charge on any atom is -0.508 e. The molecule has 0 aliphatic rings. The van der Waals surface area contributed by atoms with Crippen molar-refractivity contribution in [1.82, 2.24) is 4.98 Å². The van der Waals surface area contributed by atoms with E-state index in [1.54, 1.807) is 12.3 Å². The minimum atomic E-state index is -0.675. The lowest BCUT2D eigenvalue weighted by molar-refractivity contribution is -0.115. The Morgan fingerprint density at radius 2 is 2.21 bits per heavy atom. The number of phenolic OH excluding ortho intramolecular Hbond substituents is 1. The molecule has 0 unspecified atom stereocenters. The van der Waals surface area contributed by atoms with Gasteiger partial charge in [0.1, 0.15) is 11.6 Å². The first-order chi connectivity index (χ1) is 9.06. The number of carbonyl (C=O) groups is 1. The molecule has 0 atom stereocenters. The third-order valence-corrected chi connectivity index (χ3v) is 2.67. The highest BCUT2D eigenvalue weighted by molar-refractivity contribution is 5.92. The highest BCUT2D eigenvalue weighted by Crippen LogP contribution is 2.19. The fraction of sp³-hybridized carbons (Fsp3) is 0.143. The van der Waals surface area contributed by atoms with Crippen molar-refractivity contribution in [2.24, 2.45) is 0 Å². The number of carbonyl (C=O) groups excluding carboxylic acids is 1.